The topological polar surface area (TPSA) is 46.2 Å². The van der Waals surface area contributed by atoms with Crippen molar-refractivity contribution in [2.75, 3.05) is 0 Å². The molecule has 0 aliphatic rings. The molecule has 2 aromatic rings. The van der Waals surface area contributed by atoms with Gasteiger partial charge in [0.1, 0.15) is 0 Å². The molecule has 0 fully saturated rings. The molecule has 38 valence electrons. The molecule has 4 nitrogen and oxygen atoms in total. The van der Waals surface area contributed by atoms with Crippen LogP contribution in [0, 0.1) is 0 Å². The molecule has 7 heteroatoms. The molecule has 0 saturated heterocycles. The van der Waals surface area contributed by atoms with Gasteiger partial charge < -0.3 is 4.30 Å². The van der Waals surface area contributed by atoms with E-state index in [-0.39, 0.29) is 7.90 Å². The molecule has 2 aromatic heterocycles. The van der Waals surface area contributed by atoms with E-state index in [2.05, 4.69) is 9.02 Å². The Hall–Kier alpha value is 0.1000. The molecule has 0 aromatic carbocycles. The predicted octanol–water partition coefficient (Wildman–Crippen LogP) is 1.71. The van der Waals surface area contributed by atoms with Crippen LogP contribution in [-0.4, -0.2) is 13.1 Å². The number of aromatic nitrogens is 3. The number of fused-ring (bicyclic) bond motifs is 1. The van der Waals surface area contributed by atoms with Crippen molar-refractivity contribution in [3.05, 3.63) is 0 Å². The van der Waals surface area contributed by atoms with Crippen LogP contribution in [0.4, 0.5) is 0 Å². The van der Waals surface area contributed by atoms with Gasteiger partial charge in [0.2, 0.25) is 0 Å². The van der Waals surface area contributed by atoms with Crippen molar-refractivity contribution in [1.82, 2.24) is 13.1 Å². The highest BCUT2D eigenvalue weighted by molar-refractivity contribution is 7.50. The van der Waals surface area contributed by atoms with Crippen LogP contribution in [-0.2, 0) is 0 Å². The summed E-state index contributed by atoms with van der Waals surface area (Å²) in [5.74, 6) is 0. The first-order chi connectivity index (χ1) is 3.47. The summed E-state index contributed by atoms with van der Waals surface area (Å²) in [6, 6.07) is 0. The fourth-order valence-electron chi connectivity index (χ4n) is 0.294. The predicted molar refractivity (Wildman–Crippen MR) is 30.8 cm³/mol. The summed E-state index contributed by atoms with van der Waals surface area (Å²) >= 11 is 0. The molecule has 0 bridgehead atoms. The zero-order valence-corrected chi connectivity index (χ0v) is 5.99. The van der Waals surface area contributed by atoms with E-state index in [1.54, 1.807) is 0 Å². The van der Waals surface area contributed by atoms with Crippen molar-refractivity contribution >= 4 is 24.9 Å². The maximum atomic E-state index is 4.97. The van der Waals surface area contributed by atoms with Crippen molar-refractivity contribution in [3.8, 4) is 0 Å². The summed E-state index contributed by atoms with van der Waals surface area (Å²) in [7, 11) is 1.20. The normalized spacial score (nSPS) is 15.7. The fraction of sp³-hybridized carbons (Fsp3) is 0. The average molecular weight is 153 g/mol. The molecule has 0 aliphatic heterocycles. The number of H-pyrrole nitrogens is 1. The highest BCUT2D eigenvalue weighted by atomic mass is 31.2. The fourth-order valence-corrected chi connectivity index (χ4v) is 3.81. The molecule has 2 atom stereocenters. The third-order valence-electron chi connectivity index (χ3n) is 0.598. The van der Waals surface area contributed by atoms with E-state index < -0.39 is 0 Å². The molecule has 0 spiro atoms. The van der Waals surface area contributed by atoms with E-state index in [4.69, 9.17) is 4.30 Å². The maximum absolute atomic E-state index is 4.97. The first kappa shape index (κ1) is 4.03. The quantitative estimate of drug-likeness (QED) is 0.626. The zero-order chi connectivity index (χ0) is 4.69. The minimum absolute atomic E-state index is 0.335. The van der Waals surface area contributed by atoms with E-state index in [0.29, 0.717) is 8.51 Å². The summed E-state index contributed by atoms with van der Waals surface area (Å²) in [4.78, 5) is 0. The number of aromatic amines is 1. The zero-order valence-electron chi connectivity index (χ0n) is 3.20. The molecule has 7 heavy (non-hydrogen) atoms. The molecule has 1 N–H and O–H groups in total. The van der Waals surface area contributed by atoms with Gasteiger partial charge >= 0.3 is 7.90 Å². The standard InChI is InChI=1S/H2N3OP3/c1-5-2-7-3(4-7)6-1/h2,5H. The first-order valence-electron chi connectivity index (χ1n) is 1.66. The molecule has 0 amide bonds. The SMILES string of the molecule is n1pn2op2[nH][pH]1. The molecule has 0 saturated carbocycles. The lowest BCUT2D eigenvalue weighted by molar-refractivity contribution is 0.606. The summed E-state index contributed by atoms with van der Waals surface area (Å²) in [5.41, 5.74) is 0. The molecular weight excluding hydrogens is 151 g/mol. The Kier molecular flexibility index (Phi) is 0.741. The van der Waals surface area contributed by atoms with Gasteiger partial charge in [0.25, 0.3) is 0 Å². The second-order valence-corrected chi connectivity index (χ2v) is 4.87. The number of rotatable bonds is 0. The van der Waals surface area contributed by atoms with Crippen LogP contribution < -0.4 is 0 Å². The van der Waals surface area contributed by atoms with E-state index >= 15 is 0 Å². The van der Waals surface area contributed by atoms with Crippen LogP contribution >= 0.6 is 24.9 Å². The number of hydrogen-bond donors (Lipinski definition) is 1. The van der Waals surface area contributed by atoms with Crippen molar-refractivity contribution in [2.45, 2.75) is 0 Å². The van der Waals surface area contributed by atoms with Crippen LogP contribution in [0.1, 0.15) is 0 Å². The third kappa shape index (κ3) is 0.598. The smallest absolute Gasteiger partial charge is 0.302 e. The molecule has 2 unspecified atom stereocenters. The monoisotopic (exact) mass is 153 g/mol. The van der Waals surface area contributed by atoms with Gasteiger partial charge in [0.15, 0.2) is 8.51 Å². The van der Waals surface area contributed by atoms with Gasteiger partial charge in [-0.05, 0) is 0 Å². The molecule has 2 rings (SSSR count). The van der Waals surface area contributed by atoms with Crippen LogP contribution in [0.25, 0.3) is 0 Å². The van der Waals surface area contributed by atoms with Crippen molar-refractivity contribution in [3.63, 3.8) is 0 Å². The molecule has 0 radical (unpaired) electrons. The Balaban J connectivity index is 2.92. The van der Waals surface area contributed by atoms with Crippen LogP contribution in [0.15, 0.2) is 4.30 Å². The molecule has 0 aliphatic carbocycles. The Morgan fingerprint density at radius 1 is 2.00 bits per heavy atom. The van der Waals surface area contributed by atoms with Crippen molar-refractivity contribution in [2.24, 2.45) is 0 Å². The Bertz CT molecular complexity index is 227. The van der Waals surface area contributed by atoms with E-state index in [0.717, 1.165) is 8.51 Å². The van der Waals surface area contributed by atoms with Gasteiger partial charge in [-0.1, -0.05) is 4.10 Å². The Morgan fingerprint density at radius 2 is 3.00 bits per heavy atom. The Morgan fingerprint density at radius 3 is 3.57 bits per heavy atom. The summed E-state index contributed by atoms with van der Waals surface area (Å²) in [6.07, 6.45) is 0. The molecular formula is H2N3OP3. The number of hydrogen-bond acceptors (Lipinski definition) is 2. The van der Waals surface area contributed by atoms with Crippen molar-refractivity contribution < 1.29 is 4.30 Å². The first-order valence-corrected chi connectivity index (χ1v) is 4.62. The van der Waals surface area contributed by atoms with Gasteiger partial charge in [-0.15, -0.1) is 0 Å². The highest BCUT2D eigenvalue weighted by Crippen LogP contribution is 2.31. The second kappa shape index (κ2) is 1.29. The number of nitrogens with one attached hydrogen (secondary N) is 1. The maximum Gasteiger partial charge on any atom is 0.302 e. The number of nitrogens with zero attached hydrogens (tertiary/aromatic N) is 2. The lowest BCUT2D eigenvalue weighted by Crippen LogP contribution is -1.48. The van der Waals surface area contributed by atoms with E-state index in [1.807, 2.05) is 4.10 Å². The van der Waals surface area contributed by atoms with Gasteiger partial charge in [-0.2, -0.15) is 4.51 Å². The lowest BCUT2D eigenvalue weighted by Gasteiger charge is -1.65. The van der Waals surface area contributed by atoms with Crippen LogP contribution in [0.2, 0.25) is 0 Å². The summed E-state index contributed by atoms with van der Waals surface area (Å²) in [5, 5.41) is 0. The average Bonchev–Trinajstić information content (AvgIpc) is 2.41. The van der Waals surface area contributed by atoms with Gasteiger partial charge in [0, 0.05) is 8.51 Å². The van der Waals surface area contributed by atoms with E-state index in [9.17, 15) is 0 Å². The minimum atomic E-state index is -0.335. The Labute approximate surface area is 43.2 Å². The summed E-state index contributed by atoms with van der Waals surface area (Å²) < 4.78 is 13.9. The van der Waals surface area contributed by atoms with E-state index in [1.165, 1.54) is 0 Å². The van der Waals surface area contributed by atoms with Crippen molar-refractivity contribution in [1.29, 1.82) is 0 Å². The van der Waals surface area contributed by atoms with Crippen LogP contribution in [0.3, 0.4) is 0 Å². The highest BCUT2D eigenvalue weighted by Gasteiger charge is 1.98. The van der Waals surface area contributed by atoms with Crippen LogP contribution in [0.5, 0.6) is 0 Å². The largest absolute Gasteiger partial charge is 0.313 e. The van der Waals surface area contributed by atoms with Gasteiger partial charge in [0.05, 0.1) is 0 Å². The molecule has 2 heterocycles. The lowest BCUT2D eigenvalue weighted by atomic mass is 13.7. The summed E-state index contributed by atoms with van der Waals surface area (Å²) in [6.45, 7) is 0. The van der Waals surface area contributed by atoms with Gasteiger partial charge in [-0.25, -0.2) is 0 Å². The minimum Gasteiger partial charge on any atom is -0.313 e. The second-order valence-electron chi connectivity index (χ2n) is 1.02. The third-order valence-corrected chi connectivity index (χ3v) is 4.18. The van der Waals surface area contributed by atoms with Gasteiger partial charge in [-0.3, -0.25) is 4.51 Å².